The van der Waals surface area contributed by atoms with E-state index >= 15 is 0 Å². The van der Waals surface area contributed by atoms with Crippen LogP contribution in [0.2, 0.25) is 0 Å². The molecule has 6 rings (SSSR count). The van der Waals surface area contributed by atoms with E-state index in [0.717, 1.165) is 39.3 Å². The van der Waals surface area contributed by atoms with Crippen LogP contribution in [0, 0.1) is 32.1 Å². The Balaban J connectivity index is 0.00000169. The van der Waals surface area contributed by atoms with E-state index in [1.807, 2.05) is 18.2 Å². The molecule has 0 saturated heterocycles. The van der Waals surface area contributed by atoms with Gasteiger partial charge >= 0.3 is 0 Å². The summed E-state index contributed by atoms with van der Waals surface area (Å²) in [7, 11) is 8.92. The predicted octanol–water partition coefficient (Wildman–Crippen LogP) is 8.82. The number of ether oxygens (including phenoxy) is 1. The molecule has 2 aliphatic rings. The van der Waals surface area contributed by atoms with E-state index in [2.05, 4.69) is 132 Å². The number of nitrogens with zero attached hydrogens (tertiary/aromatic N) is 2. The SMILES string of the molecule is [CH2-]N1/C(=C/C=C/C2=[N+]([CH2-])c3ccc4c[c-]ccc4c3C2(C)C)C(C)(C)c2c1ccc1c[c-]cc(OCC(C)C)c21.[Y].[Y].[Y].[Y]. The van der Waals surface area contributed by atoms with Crippen molar-refractivity contribution in [1.82, 2.24) is 0 Å². The van der Waals surface area contributed by atoms with Gasteiger partial charge in [0.1, 0.15) is 5.69 Å². The van der Waals surface area contributed by atoms with Gasteiger partial charge in [0.05, 0.1) is 12.3 Å². The van der Waals surface area contributed by atoms with Gasteiger partial charge in [0.25, 0.3) is 0 Å². The Morgan fingerprint density at radius 2 is 1.57 bits per heavy atom. The van der Waals surface area contributed by atoms with Crippen LogP contribution < -0.4 is 9.64 Å². The molecule has 7 heteroatoms. The number of fused-ring (bicyclic) bond motifs is 6. The standard InChI is InChI=1S/C37H37N2O.4Y/c1-24(2)23-40-30-16-11-14-26-20-22-29-35(33(26)30)37(5,6)32(39(29)8)18-12-17-31-36(3,4)34-27-15-10-9-13-25(27)19-21-28(34)38(31)7;;;;/h10,12-22,24H,7-8,23H2,1-6H3;;;;/q-3;;;;/b17-12+,32-18+;;;;. The molecule has 0 atom stereocenters. The van der Waals surface area contributed by atoms with E-state index in [9.17, 15) is 0 Å². The first-order valence-electron chi connectivity index (χ1n) is 14.0. The van der Waals surface area contributed by atoms with Gasteiger partial charge in [-0.15, -0.1) is 34.4 Å². The molecule has 0 saturated carbocycles. The van der Waals surface area contributed by atoms with Gasteiger partial charge in [-0.2, -0.15) is 36.4 Å². The van der Waals surface area contributed by atoms with Crippen molar-refractivity contribution in [3.8, 4) is 5.75 Å². The van der Waals surface area contributed by atoms with Crippen LogP contribution in [0.1, 0.15) is 52.7 Å². The monoisotopic (exact) mass is 881 g/mol. The van der Waals surface area contributed by atoms with Crippen molar-refractivity contribution in [2.45, 2.75) is 52.4 Å². The van der Waals surface area contributed by atoms with E-state index in [1.54, 1.807) is 0 Å². The summed E-state index contributed by atoms with van der Waals surface area (Å²) in [5.41, 5.74) is 6.66. The smallest absolute Gasteiger partial charge is 0.105 e. The second kappa shape index (κ2) is 15.8. The Morgan fingerprint density at radius 3 is 2.27 bits per heavy atom. The average Bonchev–Trinajstić information content (AvgIpc) is 3.25. The van der Waals surface area contributed by atoms with E-state index in [0.29, 0.717) is 12.5 Å². The minimum atomic E-state index is -0.270. The van der Waals surface area contributed by atoms with E-state index in [1.165, 1.54) is 21.9 Å². The molecule has 44 heavy (non-hydrogen) atoms. The summed E-state index contributed by atoms with van der Waals surface area (Å²) >= 11 is 0. The molecule has 0 spiro atoms. The molecule has 4 aromatic carbocycles. The topological polar surface area (TPSA) is 15.5 Å². The Labute approximate surface area is 364 Å². The summed E-state index contributed by atoms with van der Waals surface area (Å²) in [5.74, 6) is 1.33. The molecule has 2 heterocycles. The molecular weight excluding hydrogens is 844 g/mol. The Bertz CT molecular complexity index is 1770. The maximum atomic E-state index is 6.29. The normalized spacial score (nSPS) is 16.8. The molecule has 0 amide bonds. The number of hydrogen-bond acceptors (Lipinski definition) is 2. The molecule has 0 unspecified atom stereocenters. The quantitative estimate of drug-likeness (QED) is 0.147. The number of benzene rings is 4. The largest absolute Gasteiger partial charge is 0.550 e. The van der Waals surface area contributed by atoms with Crippen molar-refractivity contribution in [2.24, 2.45) is 5.92 Å². The number of allylic oxidation sites excluding steroid dienone is 4. The second-order valence-electron chi connectivity index (χ2n) is 12.5. The third-order valence-electron chi connectivity index (χ3n) is 8.53. The second-order valence-corrected chi connectivity index (χ2v) is 12.5. The van der Waals surface area contributed by atoms with Gasteiger partial charge in [-0.05, 0) is 28.8 Å². The van der Waals surface area contributed by atoms with Crippen LogP contribution in [0.25, 0.3) is 21.5 Å². The van der Waals surface area contributed by atoms with Gasteiger partial charge in [0, 0.05) is 160 Å². The van der Waals surface area contributed by atoms with Crippen molar-refractivity contribution < 1.29 is 140 Å². The van der Waals surface area contributed by atoms with Crippen molar-refractivity contribution in [2.75, 3.05) is 11.5 Å². The molecule has 3 nitrogen and oxygen atoms in total. The van der Waals surface area contributed by atoms with Gasteiger partial charge in [-0.1, -0.05) is 71.2 Å². The van der Waals surface area contributed by atoms with Crippen LogP contribution in [0.15, 0.2) is 78.5 Å². The van der Waals surface area contributed by atoms with Gasteiger partial charge in [0.15, 0.2) is 0 Å². The molecule has 4 aromatic rings. The summed E-state index contributed by atoms with van der Waals surface area (Å²) in [4.78, 5) is 2.08. The maximum Gasteiger partial charge on any atom is 0.105 e. The van der Waals surface area contributed by atoms with Crippen LogP contribution >= 0.6 is 0 Å². The molecule has 2 aliphatic heterocycles. The van der Waals surface area contributed by atoms with Crippen molar-refractivity contribution >= 4 is 38.6 Å². The zero-order chi connectivity index (χ0) is 28.4. The van der Waals surface area contributed by atoms with Gasteiger partial charge in [-0.25, -0.2) is 0 Å². The minimum absolute atomic E-state index is 0. The Morgan fingerprint density at radius 1 is 0.886 bits per heavy atom. The first kappa shape index (κ1) is 40.6. The number of rotatable bonds is 5. The van der Waals surface area contributed by atoms with Crippen LogP contribution in [0.3, 0.4) is 0 Å². The molecule has 0 bridgehead atoms. The number of anilines is 1. The van der Waals surface area contributed by atoms with Crippen LogP contribution in [-0.2, 0) is 142 Å². The first-order valence-corrected chi connectivity index (χ1v) is 14.0. The Hall–Kier alpha value is 0.436. The van der Waals surface area contributed by atoms with E-state index in [-0.39, 0.29) is 142 Å². The summed E-state index contributed by atoms with van der Waals surface area (Å²) in [5, 5.41) is 4.75. The molecule has 4 radical (unpaired) electrons. The minimum Gasteiger partial charge on any atom is -0.550 e. The summed E-state index contributed by atoms with van der Waals surface area (Å²) in [6, 6.07) is 25.4. The van der Waals surface area contributed by atoms with Crippen LogP contribution in [-0.4, -0.2) is 16.9 Å². The third-order valence-corrected chi connectivity index (χ3v) is 8.53. The van der Waals surface area contributed by atoms with Gasteiger partial charge in [0.2, 0.25) is 0 Å². The average molecular weight is 881 g/mol. The maximum absolute atomic E-state index is 6.29. The van der Waals surface area contributed by atoms with E-state index < -0.39 is 0 Å². The molecular formula is C37H37N2OY4-3. The molecule has 0 aliphatic carbocycles. The fraction of sp³-hybridized carbons (Fsp3) is 0.270. The van der Waals surface area contributed by atoms with Crippen molar-refractivity contribution in [3.63, 3.8) is 0 Å². The van der Waals surface area contributed by atoms with Crippen LogP contribution in [0.5, 0.6) is 5.75 Å². The Kier molecular flexibility index (Phi) is 14.6. The van der Waals surface area contributed by atoms with Crippen molar-refractivity contribution in [1.29, 1.82) is 0 Å². The molecule has 0 N–H and O–H groups in total. The summed E-state index contributed by atoms with van der Waals surface area (Å²) < 4.78 is 8.38. The zero-order valence-corrected chi connectivity index (χ0v) is 38.1. The molecule has 0 aromatic heterocycles. The third kappa shape index (κ3) is 6.94. The summed E-state index contributed by atoms with van der Waals surface area (Å²) in [6.45, 7) is 14.1. The fourth-order valence-corrected chi connectivity index (χ4v) is 6.60. The summed E-state index contributed by atoms with van der Waals surface area (Å²) in [6.07, 6.45) is 6.57. The predicted molar refractivity (Wildman–Crippen MR) is 167 cm³/mol. The van der Waals surface area contributed by atoms with Crippen LogP contribution in [0.4, 0.5) is 11.4 Å². The van der Waals surface area contributed by atoms with Gasteiger partial charge in [-0.3, -0.25) is 7.05 Å². The van der Waals surface area contributed by atoms with Crippen molar-refractivity contribution in [3.05, 3.63) is 116 Å². The first-order chi connectivity index (χ1) is 19.0. The number of hydrogen-bond donors (Lipinski definition) is 0. The zero-order valence-electron chi connectivity index (χ0n) is 26.7. The molecule has 0 fully saturated rings. The van der Waals surface area contributed by atoms with Gasteiger partial charge < -0.3 is 14.2 Å². The fourth-order valence-electron chi connectivity index (χ4n) is 6.60. The molecule has 216 valence electrons. The van der Waals surface area contributed by atoms with E-state index in [4.69, 9.17) is 4.74 Å².